The van der Waals surface area contributed by atoms with E-state index >= 15 is 0 Å². The molecule has 3 nitrogen and oxygen atoms in total. The minimum absolute atomic E-state index is 0.226. The molecule has 2 rings (SSSR count). The summed E-state index contributed by atoms with van der Waals surface area (Å²) < 4.78 is 0. The van der Waals surface area contributed by atoms with E-state index in [1.165, 1.54) is 0 Å². The topological polar surface area (TPSA) is 44.6 Å². The Labute approximate surface area is 87.4 Å². The number of nitrogens with one attached hydrogen (secondary N) is 1. The molecule has 2 N–H and O–H groups in total. The van der Waals surface area contributed by atoms with Gasteiger partial charge in [-0.05, 0) is 18.2 Å². The zero-order valence-corrected chi connectivity index (χ0v) is 8.54. The molecule has 1 aliphatic rings. The monoisotopic (exact) mass is 210 g/mol. The average molecular weight is 211 g/mol. The smallest absolute Gasteiger partial charge is 0.124 e. The Morgan fingerprint density at radius 2 is 2.36 bits per heavy atom. The maximum Gasteiger partial charge on any atom is 0.124 e. The van der Waals surface area contributed by atoms with Gasteiger partial charge in [-0.15, -0.1) is 0 Å². The zero-order valence-electron chi connectivity index (χ0n) is 7.79. The Bertz CT molecular complexity index is 390. The largest absolute Gasteiger partial charge is 0.507 e. The predicted octanol–water partition coefficient (Wildman–Crippen LogP) is 1.99. The van der Waals surface area contributed by atoms with Gasteiger partial charge in [0.2, 0.25) is 0 Å². The summed E-state index contributed by atoms with van der Waals surface area (Å²) in [5.41, 5.74) is 4.48. The molecule has 0 amide bonds. The number of nitrogens with zero attached hydrogens (tertiary/aromatic N) is 1. The SMILES string of the molecule is CC1CNN=C1c1cc(Cl)ccc1O. The number of halogens is 1. The molecule has 1 atom stereocenters. The summed E-state index contributed by atoms with van der Waals surface area (Å²) >= 11 is 5.86. The fourth-order valence-corrected chi connectivity index (χ4v) is 1.69. The Balaban J connectivity index is 2.45. The number of hydrogen-bond acceptors (Lipinski definition) is 3. The molecule has 74 valence electrons. The van der Waals surface area contributed by atoms with Crippen LogP contribution in [0, 0.1) is 5.92 Å². The predicted molar refractivity (Wildman–Crippen MR) is 56.8 cm³/mol. The van der Waals surface area contributed by atoms with Gasteiger partial charge >= 0.3 is 0 Å². The van der Waals surface area contributed by atoms with Crippen LogP contribution in [0.2, 0.25) is 5.02 Å². The second kappa shape index (κ2) is 3.50. The number of rotatable bonds is 1. The minimum atomic E-state index is 0.226. The first kappa shape index (κ1) is 9.34. The van der Waals surface area contributed by atoms with Crippen LogP contribution in [-0.2, 0) is 0 Å². The molecule has 1 aromatic carbocycles. The number of phenolic OH excluding ortho intramolecular Hbond substituents is 1. The fourth-order valence-electron chi connectivity index (χ4n) is 1.51. The van der Waals surface area contributed by atoms with Gasteiger partial charge in [0.1, 0.15) is 5.75 Å². The Kier molecular flexibility index (Phi) is 2.33. The van der Waals surface area contributed by atoms with Crippen LogP contribution in [0.25, 0.3) is 0 Å². The molecule has 0 aliphatic carbocycles. The quantitative estimate of drug-likeness (QED) is 0.745. The van der Waals surface area contributed by atoms with E-state index in [-0.39, 0.29) is 5.75 Å². The molecular weight excluding hydrogens is 200 g/mol. The molecule has 1 aromatic rings. The van der Waals surface area contributed by atoms with Crippen LogP contribution >= 0.6 is 11.6 Å². The minimum Gasteiger partial charge on any atom is -0.507 e. The van der Waals surface area contributed by atoms with E-state index in [1.807, 2.05) is 0 Å². The van der Waals surface area contributed by atoms with Crippen molar-refractivity contribution in [2.45, 2.75) is 6.92 Å². The van der Waals surface area contributed by atoms with Gasteiger partial charge in [0.25, 0.3) is 0 Å². The number of aromatic hydroxyl groups is 1. The highest BCUT2D eigenvalue weighted by atomic mass is 35.5. The van der Waals surface area contributed by atoms with Gasteiger partial charge in [-0.25, -0.2) is 0 Å². The van der Waals surface area contributed by atoms with E-state index in [0.29, 0.717) is 10.9 Å². The molecule has 0 fully saturated rings. The number of phenols is 1. The van der Waals surface area contributed by atoms with E-state index in [4.69, 9.17) is 11.6 Å². The van der Waals surface area contributed by atoms with Crippen LogP contribution in [0.5, 0.6) is 5.75 Å². The molecule has 0 saturated heterocycles. The first-order valence-corrected chi connectivity index (χ1v) is 4.85. The fraction of sp³-hybridized carbons (Fsp3) is 0.300. The second-order valence-corrected chi connectivity index (χ2v) is 3.86. The molecule has 0 aromatic heterocycles. The molecule has 4 heteroatoms. The Morgan fingerprint density at radius 1 is 1.57 bits per heavy atom. The maximum atomic E-state index is 9.65. The van der Waals surface area contributed by atoms with Crippen molar-refractivity contribution < 1.29 is 5.11 Å². The average Bonchev–Trinajstić information content (AvgIpc) is 2.56. The first-order chi connectivity index (χ1) is 6.68. The summed E-state index contributed by atoms with van der Waals surface area (Å²) in [5, 5.41) is 14.4. The summed E-state index contributed by atoms with van der Waals surface area (Å²) in [6.07, 6.45) is 0. The first-order valence-electron chi connectivity index (χ1n) is 4.48. The lowest BCUT2D eigenvalue weighted by atomic mass is 9.99. The van der Waals surface area contributed by atoms with Crippen molar-refractivity contribution in [3.63, 3.8) is 0 Å². The third kappa shape index (κ3) is 1.55. The number of hydrazone groups is 1. The summed E-state index contributed by atoms with van der Waals surface area (Å²) in [6, 6.07) is 4.98. The van der Waals surface area contributed by atoms with Gasteiger partial charge in [0.15, 0.2) is 0 Å². The number of benzene rings is 1. The van der Waals surface area contributed by atoms with Crippen molar-refractivity contribution >= 4 is 17.3 Å². The highest BCUT2D eigenvalue weighted by Gasteiger charge is 2.20. The van der Waals surface area contributed by atoms with E-state index in [1.54, 1.807) is 18.2 Å². The highest BCUT2D eigenvalue weighted by molar-refractivity contribution is 6.31. The molecule has 1 aliphatic heterocycles. The summed E-state index contributed by atoms with van der Waals surface area (Å²) in [7, 11) is 0. The lowest BCUT2D eigenvalue weighted by Crippen LogP contribution is -2.12. The lowest BCUT2D eigenvalue weighted by molar-refractivity contribution is 0.474. The van der Waals surface area contributed by atoms with Crippen LogP contribution < -0.4 is 5.43 Å². The van der Waals surface area contributed by atoms with Gasteiger partial charge in [-0.3, -0.25) is 0 Å². The summed E-state index contributed by atoms with van der Waals surface area (Å²) in [6.45, 7) is 2.86. The zero-order chi connectivity index (χ0) is 10.1. The van der Waals surface area contributed by atoms with Gasteiger partial charge in [0, 0.05) is 23.0 Å². The molecule has 0 radical (unpaired) electrons. The van der Waals surface area contributed by atoms with Crippen LogP contribution in [0.1, 0.15) is 12.5 Å². The number of hydrogen-bond donors (Lipinski definition) is 2. The van der Waals surface area contributed by atoms with E-state index < -0.39 is 0 Å². The summed E-state index contributed by atoms with van der Waals surface area (Å²) in [4.78, 5) is 0. The molecular formula is C10H11ClN2O. The molecule has 1 unspecified atom stereocenters. The summed E-state index contributed by atoms with van der Waals surface area (Å²) in [5.74, 6) is 0.531. The lowest BCUT2D eigenvalue weighted by Gasteiger charge is -2.07. The molecule has 14 heavy (non-hydrogen) atoms. The Morgan fingerprint density at radius 3 is 3.00 bits per heavy atom. The van der Waals surface area contributed by atoms with Crippen molar-refractivity contribution in [1.29, 1.82) is 0 Å². The highest BCUT2D eigenvalue weighted by Crippen LogP contribution is 2.25. The van der Waals surface area contributed by atoms with Crippen LogP contribution in [0.3, 0.4) is 0 Å². The maximum absolute atomic E-state index is 9.65. The van der Waals surface area contributed by atoms with Crippen molar-refractivity contribution in [3.05, 3.63) is 28.8 Å². The van der Waals surface area contributed by atoms with Crippen molar-refractivity contribution in [1.82, 2.24) is 5.43 Å². The standard InChI is InChI=1S/C10H11ClN2O/c1-6-5-12-13-10(6)8-4-7(11)2-3-9(8)14/h2-4,6,12,14H,5H2,1H3. The normalized spacial score (nSPS) is 20.4. The van der Waals surface area contributed by atoms with Gasteiger partial charge < -0.3 is 10.5 Å². The molecule has 0 saturated carbocycles. The van der Waals surface area contributed by atoms with Gasteiger partial charge in [-0.1, -0.05) is 18.5 Å². The van der Waals surface area contributed by atoms with E-state index in [2.05, 4.69) is 17.5 Å². The van der Waals surface area contributed by atoms with Crippen molar-refractivity contribution in [2.24, 2.45) is 11.0 Å². The molecule has 0 bridgehead atoms. The van der Waals surface area contributed by atoms with Crippen molar-refractivity contribution in [3.8, 4) is 5.75 Å². The van der Waals surface area contributed by atoms with E-state index in [0.717, 1.165) is 17.8 Å². The van der Waals surface area contributed by atoms with E-state index in [9.17, 15) is 5.11 Å². The molecule has 0 spiro atoms. The van der Waals surface area contributed by atoms with Gasteiger partial charge in [-0.2, -0.15) is 5.10 Å². The van der Waals surface area contributed by atoms with Gasteiger partial charge in [0.05, 0.1) is 5.71 Å². The second-order valence-electron chi connectivity index (χ2n) is 3.42. The van der Waals surface area contributed by atoms with Crippen LogP contribution in [-0.4, -0.2) is 17.4 Å². The third-order valence-electron chi connectivity index (χ3n) is 2.30. The van der Waals surface area contributed by atoms with Crippen molar-refractivity contribution in [2.75, 3.05) is 6.54 Å². The third-order valence-corrected chi connectivity index (χ3v) is 2.53. The Hall–Kier alpha value is -1.22. The van der Waals surface area contributed by atoms with Crippen LogP contribution in [0.15, 0.2) is 23.3 Å². The van der Waals surface area contributed by atoms with Crippen LogP contribution in [0.4, 0.5) is 0 Å². The molecule has 1 heterocycles.